The summed E-state index contributed by atoms with van der Waals surface area (Å²) in [5.41, 5.74) is 2.75. The van der Waals surface area contributed by atoms with Gasteiger partial charge in [0, 0.05) is 23.2 Å². The first-order chi connectivity index (χ1) is 12.7. The van der Waals surface area contributed by atoms with E-state index in [4.69, 9.17) is 9.72 Å². The minimum atomic E-state index is -0.0235. The second-order valence-corrected chi connectivity index (χ2v) is 8.05. The van der Waals surface area contributed by atoms with Crippen LogP contribution in [0.1, 0.15) is 5.56 Å². The minimum Gasteiger partial charge on any atom is -0.378 e. The number of carbonyl (C=O) groups excluding carboxylic acids is 1. The molecule has 1 N–H and O–H groups in total. The highest BCUT2D eigenvalue weighted by Gasteiger charge is 2.15. The molecular formula is C19H18BrN3O2S. The molecule has 7 heteroatoms. The Morgan fingerprint density at radius 3 is 2.73 bits per heavy atom. The van der Waals surface area contributed by atoms with Gasteiger partial charge in [0.1, 0.15) is 0 Å². The molecule has 0 atom stereocenters. The van der Waals surface area contributed by atoms with Crippen LogP contribution in [0, 0.1) is 0 Å². The largest absolute Gasteiger partial charge is 0.378 e. The summed E-state index contributed by atoms with van der Waals surface area (Å²) in [6.07, 6.45) is 0.354. The molecular weight excluding hydrogens is 414 g/mol. The van der Waals surface area contributed by atoms with Crippen LogP contribution in [0.5, 0.6) is 0 Å². The molecule has 0 bridgehead atoms. The highest BCUT2D eigenvalue weighted by Crippen LogP contribution is 2.31. The van der Waals surface area contributed by atoms with E-state index >= 15 is 0 Å². The van der Waals surface area contributed by atoms with Crippen LogP contribution >= 0.6 is 27.3 Å². The standard InChI is InChI=1S/C19H18BrN3O2S/c20-14-3-1-13(2-4-14)11-18(24)21-15-5-6-16-17(12-15)26-19(22-16)23-7-9-25-10-8-23/h1-6,12H,7-11H2,(H,21,24). The van der Waals surface area contributed by atoms with Crippen LogP contribution in [-0.4, -0.2) is 37.2 Å². The Morgan fingerprint density at radius 1 is 1.19 bits per heavy atom. The molecule has 0 spiro atoms. The summed E-state index contributed by atoms with van der Waals surface area (Å²) in [5, 5.41) is 4.00. The van der Waals surface area contributed by atoms with E-state index in [0.29, 0.717) is 6.42 Å². The van der Waals surface area contributed by atoms with Gasteiger partial charge in [0.05, 0.1) is 29.9 Å². The third-order valence-electron chi connectivity index (χ3n) is 4.22. The van der Waals surface area contributed by atoms with Gasteiger partial charge in [0.15, 0.2) is 5.13 Å². The van der Waals surface area contributed by atoms with Crippen LogP contribution < -0.4 is 10.2 Å². The van der Waals surface area contributed by atoms with E-state index in [1.807, 2.05) is 42.5 Å². The molecule has 1 aliphatic rings. The highest BCUT2D eigenvalue weighted by atomic mass is 79.9. The predicted molar refractivity (Wildman–Crippen MR) is 109 cm³/mol. The number of aromatic nitrogens is 1. The number of hydrogen-bond acceptors (Lipinski definition) is 5. The van der Waals surface area contributed by atoms with Gasteiger partial charge in [-0.2, -0.15) is 0 Å². The third kappa shape index (κ3) is 4.06. The highest BCUT2D eigenvalue weighted by molar-refractivity contribution is 9.10. The lowest BCUT2D eigenvalue weighted by atomic mass is 10.1. The number of carbonyl (C=O) groups is 1. The molecule has 0 unspecified atom stereocenters. The number of fused-ring (bicyclic) bond motifs is 1. The molecule has 1 aromatic heterocycles. The summed E-state index contributed by atoms with van der Waals surface area (Å²) in [5.74, 6) is -0.0235. The fraction of sp³-hybridized carbons (Fsp3) is 0.263. The van der Waals surface area contributed by atoms with E-state index in [9.17, 15) is 4.79 Å². The Kier molecular flexibility index (Phi) is 5.19. The van der Waals surface area contributed by atoms with Gasteiger partial charge < -0.3 is 15.0 Å². The van der Waals surface area contributed by atoms with E-state index in [0.717, 1.165) is 57.4 Å². The monoisotopic (exact) mass is 431 g/mol. The molecule has 1 saturated heterocycles. The van der Waals surface area contributed by atoms with E-state index in [2.05, 4.69) is 26.1 Å². The minimum absolute atomic E-state index is 0.0235. The summed E-state index contributed by atoms with van der Waals surface area (Å²) in [6, 6.07) is 13.7. The van der Waals surface area contributed by atoms with Crippen molar-refractivity contribution in [3.05, 3.63) is 52.5 Å². The molecule has 3 aromatic rings. The van der Waals surface area contributed by atoms with Crippen molar-refractivity contribution >= 4 is 54.2 Å². The summed E-state index contributed by atoms with van der Waals surface area (Å²) >= 11 is 5.06. The van der Waals surface area contributed by atoms with Crippen LogP contribution in [0.15, 0.2) is 46.9 Å². The average Bonchev–Trinajstić information content (AvgIpc) is 3.08. The van der Waals surface area contributed by atoms with Gasteiger partial charge in [0.25, 0.3) is 0 Å². The number of thiazole rings is 1. The lowest BCUT2D eigenvalue weighted by molar-refractivity contribution is -0.115. The molecule has 2 aromatic carbocycles. The number of ether oxygens (including phenoxy) is 1. The van der Waals surface area contributed by atoms with Crippen molar-refractivity contribution in [2.75, 3.05) is 36.5 Å². The maximum atomic E-state index is 12.3. The third-order valence-corrected chi connectivity index (χ3v) is 5.83. The Labute approximate surface area is 164 Å². The predicted octanol–water partition coefficient (Wildman–Crippen LogP) is 4.08. The topological polar surface area (TPSA) is 54.5 Å². The van der Waals surface area contributed by atoms with E-state index < -0.39 is 0 Å². The van der Waals surface area contributed by atoms with Crippen LogP contribution in [0.25, 0.3) is 10.2 Å². The van der Waals surface area contributed by atoms with Crippen LogP contribution in [0.2, 0.25) is 0 Å². The average molecular weight is 432 g/mol. The van der Waals surface area contributed by atoms with Crippen molar-refractivity contribution in [1.82, 2.24) is 4.98 Å². The summed E-state index contributed by atoms with van der Waals surface area (Å²) < 4.78 is 7.48. The molecule has 4 rings (SSSR count). The van der Waals surface area contributed by atoms with Crippen molar-refractivity contribution in [3.8, 4) is 0 Å². The van der Waals surface area contributed by atoms with Gasteiger partial charge in [-0.1, -0.05) is 39.4 Å². The van der Waals surface area contributed by atoms with E-state index in [1.165, 1.54) is 0 Å². The number of nitrogens with one attached hydrogen (secondary N) is 1. The smallest absolute Gasteiger partial charge is 0.228 e. The number of anilines is 2. The van der Waals surface area contributed by atoms with Crippen molar-refractivity contribution in [2.24, 2.45) is 0 Å². The SMILES string of the molecule is O=C(Cc1ccc(Br)cc1)Nc1ccc2nc(N3CCOCC3)sc2c1. The first-order valence-electron chi connectivity index (χ1n) is 8.45. The van der Waals surface area contributed by atoms with Crippen molar-refractivity contribution in [3.63, 3.8) is 0 Å². The number of morpholine rings is 1. The molecule has 5 nitrogen and oxygen atoms in total. The molecule has 26 heavy (non-hydrogen) atoms. The van der Waals surface area contributed by atoms with Gasteiger partial charge in [-0.15, -0.1) is 0 Å². The first-order valence-corrected chi connectivity index (χ1v) is 10.1. The zero-order chi connectivity index (χ0) is 17.9. The molecule has 1 aliphatic heterocycles. The number of halogens is 1. The van der Waals surface area contributed by atoms with Gasteiger partial charge >= 0.3 is 0 Å². The van der Waals surface area contributed by atoms with Crippen LogP contribution in [-0.2, 0) is 16.0 Å². The second kappa shape index (κ2) is 7.73. The molecule has 0 aliphatic carbocycles. The van der Waals surface area contributed by atoms with Gasteiger partial charge in [-0.3, -0.25) is 4.79 Å². The second-order valence-electron chi connectivity index (χ2n) is 6.13. The number of rotatable bonds is 4. The molecule has 1 fully saturated rings. The van der Waals surface area contributed by atoms with Crippen molar-refractivity contribution in [1.29, 1.82) is 0 Å². The van der Waals surface area contributed by atoms with Gasteiger partial charge in [-0.05, 0) is 35.9 Å². The lowest BCUT2D eigenvalue weighted by Gasteiger charge is -2.25. The zero-order valence-corrected chi connectivity index (χ0v) is 16.5. The summed E-state index contributed by atoms with van der Waals surface area (Å²) in [4.78, 5) is 19.3. The molecule has 2 heterocycles. The van der Waals surface area contributed by atoms with Crippen molar-refractivity contribution in [2.45, 2.75) is 6.42 Å². The Morgan fingerprint density at radius 2 is 1.96 bits per heavy atom. The quantitative estimate of drug-likeness (QED) is 0.675. The van der Waals surface area contributed by atoms with Crippen LogP contribution in [0.3, 0.4) is 0 Å². The van der Waals surface area contributed by atoms with Gasteiger partial charge in [-0.25, -0.2) is 4.98 Å². The Bertz CT molecular complexity index is 920. The molecule has 0 radical (unpaired) electrons. The maximum absolute atomic E-state index is 12.3. The van der Waals surface area contributed by atoms with Gasteiger partial charge in [0.2, 0.25) is 5.91 Å². The van der Waals surface area contributed by atoms with E-state index in [-0.39, 0.29) is 5.91 Å². The fourth-order valence-electron chi connectivity index (χ4n) is 2.87. The lowest BCUT2D eigenvalue weighted by Crippen LogP contribution is -2.36. The number of amides is 1. The molecule has 0 saturated carbocycles. The Balaban J connectivity index is 1.46. The first kappa shape index (κ1) is 17.5. The Hall–Kier alpha value is -1.96. The number of hydrogen-bond donors (Lipinski definition) is 1. The van der Waals surface area contributed by atoms with E-state index in [1.54, 1.807) is 11.3 Å². The zero-order valence-electron chi connectivity index (χ0n) is 14.1. The number of benzene rings is 2. The maximum Gasteiger partial charge on any atom is 0.228 e. The molecule has 1 amide bonds. The summed E-state index contributed by atoms with van der Waals surface area (Å²) in [7, 11) is 0. The molecule has 134 valence electrons. The normalized spacial score (nSPS) is 14.6. The fourth-order valence-corrected chi connectivity index (χ4v) is 4.19. The summed E-state index contributed by atoms with van der Waals surface area (Å²) in [6.45, 7) is 3.23. The van der Waals surface area contributed by atoms with Crippen molar-refractivity contribution < 1.29 is 9.53 Å². The number of nitrogens with zero attached hydrogens (tertiary/aromatic N) is 2. The van der Waals surface area contributed by atoms with Crippen LogP contribution in [0.4, 0.5) is 10.8 Å².